The summed E-state index contributed by atoms with van der Waals surface area (Å²) < 4.78 is 23.6. The zero-order valence-electron chi connectivity index (χ0n) is 11.3. The Hall–Kier alpha value is -0.160. The van der Waals surface area contributed by atoms with E-state index in [9.17, 15) is 0 Å². The SMILES string of the molecule is C1CC2OC2CC1C1COC2(CCC3OC3C2)OC1. The Bertz CT molecular complexity index is 376. The molecule has 4 heteroatoms. The van der Waals surface area contributed by atoms with Crippen LogP contribution in [0.5, 0.6) is 0 Å². The summed E-state index contributed by atoms with van der Waals surface area (Å²) >= 11 is 0. The molecule has 19 heavy (non-hydrogen) atoms. The summed E-state index contributed by atoms with van der Waals surface area (Å²) in [5.74, 6) is 1.02. The molecule has 0 aromatic rings. The smallest absolute Gasteiger partial charge is 0.170 e. The van der Waals surface area contributed by atoms with Gasteiger partial charge in [-0.05, 0) is 31.6 Å². The minimum absolute atomic E-state index is 0.304. The Labute approximate surface area is 113 Å². The number of epoxide rings is 2. The summed E-state index contributed by atoms with van der Waals surface area (Å²) in [5, 5.41) is 0. The summed E-state index contributed by atoms with van der Waals surface area (Å²) in [6.07, 6.45) is 8.91. The highest BCUT2D eigenvalue weighted by molar-refractivity contribution is 4.99. The molecule has 4 nitrogen and oxygen atoms in total. The van der Waals surface area contributed by atoms with Crippen molar-refractivity contribution in [3.63, 3.8) is 0 Å². The lowest BCUT2D eigenvalue weighted by Gasteiger charge is -2.43. The van der Waals surface area contributed by atoms with Crippen molar-refractivity contribution in [2.24, 2.45) is 11.8 Å². The highest BCUT2D eigenvalue weighted by Gasteiger charge is 2.54. The lowest BCUT2D eigenvalue weighted by Crippen LogP contribution is -2.49. The lowest BCUT2D eigenvalue weighted by atomic mass is 9.80. The molecule has 0 N–H and O–H groups in total. The first kappa shape index (κ1) is 11.5. The topological polar surface area (TPSA) is 43.5 Å². The van der Waals surface area contributed by atoms with E-state index in [0.29, 0.717) is 30.3 Å². The fourth-order valence-electron chi connectivity index (χ4n) is 4.39. The third-order valence-corrected chi connectivity index (χ3v) is 5.84. The first-order valence-corrected chi connectivity index (χ1v) is 7.90. The van der Waals surface area contributed by atoms with Crippen LogP contribution in [0.1, 0.15) is 38.5 Å². The van der Waals surface area contributed by atoms with Gasteiger partial charge in [-0.2, -0.15) is 0 Å². The van der Waals surface area contributed by atoms with Crippen molar-refractivity contribution in [3.05, 3.63) is 0 Å². The van der Waals surface area contributed by atoms with Crippen LogP contribution < -0.4 is 0 Å². The van der Waals surface area contributed by atoms with Crippen molar-refractivity contribution in [1.29, 1.82) is 0 Å². The Morgan fingerprint density at radius 3 is 2.32 bits per heavy atom. The van der Waals surface area contributed by atoms with E-state index >= 15 is 0 Å². The molecule has 5 fully saturated rings. The van der Waals surface area contributed by atoms with Crippen LogP contribution in [0.3, 0.4) is 0 Å². The molecule has 5 atom stereocenters. The third-order valence-electron chi connectivity index (χ3n) is 5.84. The second-order valence-corrected chi connectivity index (χ2v) is 7.03. The number of fused-ring (bicyclic) bond motifs is 2. The molecule has 5 aliphatic rings. The molecule has 0 amide bonds. The van der Waals surface area contributed by atoms with Crippen LogP contribution >= 0.6 is 0 Å². The predicted molar refractivity (Wildman–Crippen MR) is 66.6 cm³/mol. The minimum Gasteiger partial charge on any atom is -0.370 e. The number of rotatable bonds is 1. The largest absolute Gasteiger partial charge is 0.370 e. The van der Waals surface area contributed by atoms with Gasteiger partial charge in [-0.15, -0.1) is 0 Å². The van der Waals surface area contributed by atoms with Crippen LogP contribution in [0.4, 0.5) is 0 Å². The van der Waals surface area contributed by atoms with Gasteiger partial charge in [0, 0.05) is 18.8 Å². The average molecular weight is 266 g/mol. The van der Waals surface area contributed by atoms with E-state index in [2.05, 4.69) is 0 Å². The van der Waals surface area contributed by atoms with Crippen LogP contribution in [0.2, 0.25) is 0 Å². The van der Waals surface area contributed by atoms with Crippen LogP contribution in [0, 0.1) is 11.8 Å². The first-order chi connectivity index (χ1) is 9.31. The highest BCUT2D eigenvalue weighted by atomic mass is 16.7. The van der Waals surface area contributed by atoms with Gasteiger partial charge in [-0.25, -0.2) is 0 Å². The predicted octanol–water partition coefficient (Wildman–Crippen LogP) is 1.86. The molecule has 0 bridgehead atoms. The van der Waals surface area contributed by atoms with Gasteiger partial charge < -0.3 is 18.9 Å². The molecule has 0 radical (unpaired) electrons. The van der Waals surface area contributed by atoms with Crippen molar-refractivity contribution < 1.29 is 18.9 Å². The van der Waals surface area contributed by atoms with Gasteiger partial charge in [-0.3, -0.25) is 0 Å². The quantitative estimate of drug-likeness (QED) is 0.680. The van der Waals surface area contributed by atoms with Gasteiger partial charge in [0.1, 0.15) is 0 Å². The van der Waals surface area contributed by atoms with Crippen molar-refractivity contribution in [2.75, 3.05) is 13.2 Å². The third kappa shape index (κ3) is 1.96. The number of hydrogen-bond acceptors (Lipinski definition) is 4. The molecule has 3 saturated heterocycles. The maximum Gasteiger partial charge on any atom is 0.170 e. The summed E-state index contributed by atoms with van der Waals surface area (Å²) in [4.78, 5) is 0. The maximum atomic E-state index is 6.18. The summed E-state index contributed by atoms with van der Waals surface area (Å²) in [7, 11) is 0. The van der Waals surface area contributed by atoms with Crippen LogP contribution in [-0.2, 0) is 18.9 Å². The Morgan fingerprint density at radius 1 is 0.737 bits per heavy atom. The van der Waals surface area contributed by atoms with Crippen molar-refractivity contribution in [2.45, 2.75) is 68.7 Å². The van der Waals surface area contributed by atoms with Crippen molar-refractivity contribution in [3.8, 4) is 0 Å². The van der Waals surface area contributed by atoms with E-state index in [1.807, 2.05) is 0 Å². The molecule has 3 aliphatic heterocycles. The average Bonchev–Trinajstić information content (AvgIpc) is 3.33. The maximum absolute atomic E-state index is 6.18. The normalized spacial score (nSPS) is 59.4. The fraction of sp³-hybridized carbons (Fsp3) is 1.00. The van der Waals surface area contributed by atoms with Gasteiger partial charge in [0.15, 0.2) is 5.79 Å². The van der Waals surface area contributed by atoms with Gasteiger partial charge in [0.2, 0.25) is 0 Å². The zero-order chi connectivity index (χ0) is 12.4. The summed E-state index contributed by atoms with van der Waals surface area (Å²) in [6.45, 7) is 1.75. The Kier molecular flexibility index (Phi) is 2.38. The molecular weight excluding hydrogens is 244 g/mol. The van der Waals surface area contributed by atoms with E-state index < -0.39 is 0 Å². The zero-order valence-corrected chi connectivity index (χ0v) is 11.3. The Morgan fingerprint density at radius 2 is 1.53 bits per heavy atom. The second-order valence-electron chi connectivity index (χ2n) is 7.03. The monoisotopic (exact) mass is 266 g/mol. The molecule has 5 rings (SSSR count). The van der Waals surface area contributed by atoms with Gasteiger partial charge >= 0.3 is 0 Å². The fourth-order valence-corrected chi connectivity index (χ4v) is 4.39. The van der Waals surface area contributed by atoms with Gasteiger partial charge in [0.25, 0.3) is 0 Å². The van der Waals surface area contributed by atoms with E-state index in [1.165, 1.54) is 19.3 Å². The van der Waals surface area contributed by atoms with Crippen LogP contribution in [0.25, 0.3) is 0 Å². The minimum atomic E-state index is -0.304. The Balaban J connectivity index is 1.21. The van der Waals surface area contributed by atoms with Crippen molar-refractivity contribution >= 4 is 0 Å². The van der Waals surface area contributed by atoms with Crippen LogP contribution in [-0.4, -0.2) is 43.4 Å². The van der Waals surface area contributed by atoms with E-state index in [4.69, 9.17) is 18.9 Å². The number of ether oxygens (including phenoxy) is 4. The van der Waals surface area contributed by atoms with Gasteiger partial charge in [0.05, 0.1) is 37.6 Å². The molecule has 5 unspecified atom stereocenters. The van der Waals surface area contributed by atoms with E-state index in [1.54, 1.807) is 0 Å². The molecule has 2 aliphatic carbocycles. The molecule has 1 spiro atoms. The molecule has 106 valence electrons. The molecule has 3 heterocycles. The number of hydrogen-bond donors (Lipinski definition) is 0. The van der Waals surface area contributed by atoms with Crippen molar-refractivity contribution in [1.82, 2.24) is 0 Å². The van der Waals surface area contributed by atoms with Crippen LogP contribution in [0.15, 0.2) is 0 Å². The summed E-state index contributed by atoms with van der Waals surface area (Å²) in [6, 6.07) is 0. The second kappa shape index (κ2) is 3.94. The van der Waals surface area contributed by atoms with E-state index in [0.717, 1.165) is 38.4 Å². The molecular formula is C15H22O4. The standard InChI is InChI=1S/C15H22O4/c1-2-11-13(18-11)5-9(1)10-7-16-15(17-8-10)4-3-12-14(6-15)19-12/h9-14H,1-8H2. The first-order valence-electron chi connectivity index (χ1n) is 7.90. The van der Waals surface area contributed by atoms with Gasteiger partial charge in [-0.1, -0.05) is 0 Å². The molecule has 0 aromatic carbocycles. The molecule has 2 saturated carbocycles. The summed E-state index contributed by atoms with van der Waals surface area (Å²) in [5.41, 5.74) is 0. The highest BCUT2D eigenvalue weighted by Crippen LogP contribution is 2.48. The molecule has 0 aromatic heterocycles. The van der Waals surface area contributed by atoms with E-state index in [-0.39, 0.29) is 5.79 Å². The lowest BCUT2D eigenvalue weighted by molar-refractivity contribution is -0.298.